The molecule has 0 aliphatic rings. The van der Waals surface area contributed by atoms with E-state index in [1.54, 1.807) is 31.1 Å². The minimum absolute atomic E-state index is 0.0503. The van der Waals surface area contributed by atoms with Crippen molar-refractivity contribution in [3.05, 3.63) is 23.8 Å². The summed E-state index contributed by atoms with van der Waals surface area (Å²) in [5.41, 5.74) is 0.744. The highest BCUT2D eigenvalue weighted by atomic mass is 32.2. The van der Waals surface area contributed by atoms with Crippen LogP contribution >= 0.6 is 0 Å². The molecule has 0 bridgehead atoms. The normalized spacial score (nSPS) is 11.2. The Morgan fingerprint density at radius 2 is 2.00 bits per heavy atom. The van der Waals surface area contributed by atoms with Gasteiger partial charge in [-0.15, -0.1) is 0 Å². The highest BCUT2D eigenvalue weighted by molar-refractivity contribution is 7.89. The van der Waals surface area contributed by atoms with Gasteiger partial charge in [-0.05, 0) is 24.6 Å². The third kappa shape index (κ3) is 4.21. The zero-order valence-electron chi connectivity index (χ0n) is 12.0. The molecule has 1 rings (SSSR count). The molecule has 7 heteroatoms. The van der Waals surface area contributed by atoms with Crippen LogP contribution in [0.25, 0.3) is 0 Å². The molecule has 0 unspecified atom stereocenters. The van der Waals surface area contributed by atoms with Gasteiger partial charge in [0.25, 0.3) is 5.91 Å². The number of nitrogens with zero attached hydrogens (tertiary/aromatic N) is 1. The first-order valence-corrected chi connectivity index (χ1v) is 7.94. The van der Waals surface area contributed by atoms with Crippen LogP contribution in [0.4, 0.5) is 5.69 Å². The molecule has 0 atom stereocenters. The second-order valence-corrected chi connectivity index (χ2v) is 6.26. The van der Waals surface area contributed by atoms with Crippen LogP contribution in [-0.4, -0.2) is 35.0 Å². The number of hydrogen-bond donors (Lipinski definition) is 2. The lowest BCUT2D eigenvalue weighted by Gasteiger charge is -2.17. The van der Waals surface area contributed by atoms with E-state index in [0.29, 0.717) is 12.2 Å². The Bertz CT molecular complexity index is 583. The topological polar surface area (TPSA) is 92.5 Å². The van der Waals surface area contributed by atoms with Crippen molar-refractivity contribution in [1.82, 2.24) is 5.32 Å². The average Bonchev–Trinajstić information content (AvgIpc) is 2.37. The van der Waals surface area contributed by atoms with Gasteiger partial charge in [0.1, 0.15) is 4.90 Å². The number of sulfonamides is 1. The Labute approximate surface area is 120 Å². The largest absolute Gasteiger partial charge is 0.377 e. The Kier molecular flexibility index (Phi) is 5.52. The SMILES string of the molecule is CCCCNC(=O)c1ccc(N(C)C)c(S(N)(=O)=O)c1. The predicted octanol–water partition coefficient (Wildman–Crippen LogP) is 0.930. The zero-order chi connectivity index (χ0) is 15.3. The molecule has 112 valence electrons. The lowest BCUT2D eigenvalue weighted by Crippen LogP contribution is -2.25. The van der Waals surface area contributed by atoms with Crippen molar-refractivity contribution in [2.75, 3.05) is 25.5 Å². The average molecular weight is 299 g/mol. The number of nitrogens with one attached hydrogen (secondary N) is 1. The van der Waals surface area contributed by atoms with Crippen LogP contribution in [0.15, 0.2) is 23.1 Å². The minimum atomic E-state index is -3.88. The Hall–Kier alpha value is -1.60. The molecule has 0 heterocycles. The van der Waals surface area contributed by atoms with E-state index in [-0.39, 0.29) is 16.4 Å². The van der Waals surface area contributed by atoms with Crippen molar-refractivity contribution in [2.45, 2.75) is 24.7 Å². The van der Waals surface area contributed by atoms with Gasteiger partial charge in [0.2, 0.25) is 10.0 Å². The van der Waals surface area contributed by atoms with Crippen molar-refractivity contribution in [3.8, 4) is 0 Å². The molecule has 0 fully saturated rings. The van der Waals surface area contributed by atoms with Gasteiger partial charge in [0.05, 0.1) is 5.69 Å². The molecule has 0 aliphatic carbocycles. The molecule has 1 aromatic carbocycles. The fourth-order valence-electron chi connectivity index (χ4n) is 1.73. The van der Waals surface area contributed by atoms with Crippen molar-refractivity contribution in [2.24, 2.45) is 5.14 Å². The van der Waals surface area contributed by atoms with Crippen molar-refractivity contribution < 1.29 is 13.2 Å². The lowest BCUT2D eigenvalue weighted by atomic mass is 10.2. The quantitative estimate of drug-likeness (QED) is 0.764. The second-order valence-electron chi connectivity index (χ2n) is 4.73. The summed E-state index contributed by atoms with van der Waals surface area (Å²) in [5, 5.41) is 7.94. The standard InChI is InChI=1S/C13H21N3O3S/c1-4-5-8-15-13(17)10-6-7-11(16(2)3)12(9-10)20(14,18)19/h6-7,9H,4-5,8H2,1-3H3,(H,15,17)(H2,14,18,19). The van der Waals surface area contributed by atoms with Crippen molar-refractivity contribution >= 4 is 21.6 Å². The van der Waals surface area contributed by atoms with Crippen LogP contribution < -0.4 is 15.4 Å². The molecule has 0 saturated carbocycles. The van der Waals surface area contributed by atoms with E-state index in [4.69, 9.17) is 5.14 Å². The summed E-state index contributed by atoms with van der Waals surface area (Å²) < 4.78 is 23.2. The number of unbranched alkanes of at least 4 members (excludes halogenated alkanes) is 1. The van der Waals surface area contributed by atoms with Crippen LogP contribution in [0, 0.1) is 0 Å². The van der Waals surface area contributed by atoms with E-state index in [1.807, 2.05) is 6.92 Å². The first-order chi connectivity index (χ1) is 9.27. The van der Waals surface area contributed by atoms with Gasteiger partial charge in [-0.25, -0.2) is 13.6 Å². The Morgan fingerprint density at radius 3 is 2.50 bits per heavy atom. The summed E-state index contributed by atoms with van der Waals surface area (Å²) in [7, 11) is -0.455. The number of nitrogens with two attached hydrogens (primary N) is 1. The molecule has 0 spiro atoms. The van der Waals surface area contributed by atoms with Crippen LogP contribution in [0.5, 0.6) is 0 Å². The number of carbonyl (C=O) groups is 1. The number of amides is 1. The van der Waals surface area contributed by atoms with Crippen LogP contribution in [0.2, 0.25) is 0 Å². The van der Waals surface area contributed by atoms with E-state index in [9.17, 15) is 13.2 Å². The van der Waals surface area contributed by atoms with E-state index < -0.39 is 10.0 Å². The number of anilines is 1. The molecule has 0 aliphatic heterocycles. The zero-order valence-corrected chi connectivity index (χ0v) is 12.8. The molecule has 0 aromatic heterocycles. The van der Waals surface area contributed by atoms with Gasteiger partial charge in [-0.3, -0.25) is 4.79 Å². The number of rotatable bonds is 6. The first-order valence-electron chi connectivity index (χ1n) is 6.39. The summed E-state index contributed by atoms with van der Waals surface area (Å²) in [6.45, 7) is 2.59. The maximum absolute atomic E-state index is 11.9. The molecule has 3 N–H and O–H groups in total. The van der Waals surface area contributed by atoms with Gasteiger partial charge in [-0.1, -0.05) is 13.3 Å². The molecular weight excluding hydrogens is 278 g/mol. The molecule has 1 aromatic rings. The molecule has 6 nitrogen and oxygen atoms in total. The molecular formula is C13H21N3O3S. The van der Waals surface area contributed by atoms with Crippen molar-refractivity contribution in [1.29, 1.82) is 0 Å². The molecule has 0 radical (unpaired) electrons. The Morgan fingerprint density at radius 1 is 1.35 bits per heavy atom. The first kappa shape index (κ1) is 16.5. The van der Waals surface area contributed by atoms with Gasteiger partial charge in [0, 0.05) is 26.2 Å². The van der Waals surface area contributed by atoms with E-state index in [2.05, 4.69) is 5.32 Å². The van der Waals surface area contributed by atoms with Gasteiger partial charge < -0.3 is 10.2 Å². The van der Waals surface area contributed by atoms with E-state index in [1.165, 1.54) is 6.07 Å². The Balaban J connectivity index is 3.10. The highest BCUT2D eigenvalue weighted by Crippen LogP contribution is 2.23. The third-order valence-corrected chi connectivity index (χ3v) is 3.77. The summed E-state index contributed by atoms with van der Waals surface area (Å²) in [6.07, 6.45) is 1.85. The van der Waals surface area contributed by atoms with Gasteiger partial charge in [-0.2, -0.15) is 0 Å². The van der Waals surface area contributed by atoms with Crippen LogP contribution in [-0.2, 0) is 10.0 Å². The number of benzene rings is 1. The third-order valence-electron chi connectivity index (χ3n) is 2.83. The molecule has 0 saturated heterocycles. The maximum atomic E-state index is 11.9. The van der Waals surface area contributed by atoms with Gasteiger partial charge in [0.15, 0.2) is 0 Å². The van der Waals surface area contributed by atoms with Gasteiger partial charge >= 0.3 is 0 Å². The van der Waals surface area contributed by atoms with Crippen LogP contribution in [0.3, 0.4) is 0 Å². The molecule has 20 heavy (non-hydrogen) atoms. The van der Waals surface area contributed by atoms with Crippen LogP contribution in [0.1, 0.15) is 30.1 Å². The fourth-order valence-corrected chi connectivity index (χ4v) is 2.57. The van der Waals surface area contributed by atoms with E-state index >= 15 is 0 Å². The number of primary sulfonamides is 1. The highest BCUT2D eigenvalue weighted by Gasteiger charge is 2.18. The maximum Gasteiger partial charge on any atom is 0.251 e. The molecule has 1 amide bonds. The lowest BCUT2D eigenvalue weighted by molar-refractivity contribution is 0.0953. The monoisotopic (exact) mass is 299 g/mol. The summed E-state index contributed by atoms with van der Waals surface area (Å²) >= 11 is 0. The predicted molar refractivity (Wildman–Crippen MR) is 79.4 cm³/mol. The van der Waals surface area contributed by atoms with E-state index in [0.717, 1.165) is 12.8 Å². The summed E-state index contributed by atoms with van der Waals surface area (Å²) in [5.74, 6) is -0.298. The smallest absolute Gasteiger partial charge is 0.251 e. The number of hydrogen-bond acceptors (Lipinski definition) is 4. The summed E-state index contributed by atoms with van der Waals surface area (Å²) in [6, 6.07) is 4.48. The fraction of sp³-hybridized carbons (Fsp3) is 0.462. The number of carbonyl (C=O) groups excluding carboxylic acids is 1. The second kappa shape index (κ2) is 6.71. The summed E-state index contributed by atoms with van der Waals surface area (Å²) in [4.78, 5) is 13.5. The van der Waals surface area contributed by atoms with Crippen molar-refractivity contribution in [3.63, 3.8) is 0 Å². The minimum Gasteiger partial charge on any atom is -0.377 e.